The second-order valence-corrected chi connectivity index (χ2v) is 7.54. The number of imidazole rings is 1. The van der Waals surface area contributed by atoms with Gasteiger partial charge in [-0.25, -0.2) is 4.98 Å². The van der Waals surface area contributed by atoms with Crippen molar-refractivity contribution >= 4 is 34.3 Å². The lowest BCUT2D eigenvalue weighted by molar-refractivity contribution is 0.102. The molecule has 0 aliphatic carbocycles. The first-order chi connectivity index (χ1) is 13.6. The van der Waals surface area contributed by atoms with E-state index in [1.54, 1.807) is 24.2 Å². The summed E-state index contributed by atoms with van der Waals surface area (Å²) >= 11 is 1.65. The molecule has 4 rings (SSSR count). The molecule has 2 aromatic carbocycles. The Balaban J connectivity index is 1.53. The first-order valence-corrected chi connectivity index (χ1v) is 9.95. The zero-order valence-corrected chi connectivity index (χ0v) is 16.5. The summed E-state index contributed by atoms with van der Waals surface area (Å²) < 4.78 is 1.98. The number of hydrogen-bond acceptors (Lipinski definition) is 4. The number of fused-ring (bicyclic) bond motifs is 1. The molecular weight excluding hydrogens is 368 g/mol. The highest BCUT2D eigenvalue weighted by Crippen LogP contribution is 2.25. The quantitative estimate of drug-likeness (QED) is 0.498. The molecule has 0 aliphatic rings. The normalized spacial score (nSPS) is 10.9. The molecular formula is C22H20N4OS. The maximum atomic E-state index is 12.8. The van der Waals surface area contributed by atoms with Crippen LogP contribution < -0.4 is 5.32 Å². The molecule has 28 heavy (non-hydrogen) atoms. The van der Waals surface area contributed by atoms with Crippen LogP contribution in [0.1, 0.15) is 21.5 Å². The minimum absolute atomic E-state index is 0.127. The zero-order valence-electron chi connectivity index (χ0n) is 15.7. The van der Waals surface area contributed by atoms with Crippen molar-refractivity contribution < 1.29 is 4.79 Å². The molecule has 0 atom stereocenters. The number of carbonyl (C=O) groups excluding carboxylic acids is 1. The summed E-state index contributed by atoms with van der Waals surface area (Å²) in [4.78, 5) is 21.6. The molecule has 0 fully saturated rings. The largest absolute Gasteiger partial charge is 0.329 e. The molecule has 4 aromatic rings. The molecule has 1 amide bonds. The molecule has 0 bridgehead atoms. The van der Waals surface area contributed by atoms with E-state index >= 15 is 0 Å². The van der Waals surface area contributed by atoms with Crippen molar-refractivity contribution in [3.05, 3.63) is 83.8 Å². The highest BCUT2D eigenvalue weighted by molar-refractivity contribution is 7.98. The molecule has 6 heteroatoms. The number of nitrogens with zero attached hydrogens (tertiary/aromatic N) is 3. The third-order valence-corrected chi connectivity index (χ3v) is 5.68. The van der Waals surface area contributed by atoms with Gasteiger partial charge in [0.1, 0.15) is 0 Å². The Morgan fingerprint density at radius 1 is 1.11 bits per heavy atom. The molecule has 2 heterocycles. The topological polar surface area (TPSA) is 59.8 Å². The Morgan fingerprint density at radius 2 is 2.00 bits per heavy atom. The van der Waals surface area contributed by atoms with E-state index in [9.17, 15) is 4.79 Å². The van der Waals surface area contributed by atoms with Crippen LogP contribution in [0.15, 0.2) is 72.3 Å². The zero-order chi connectivity index (χ0) is 19.5. The minimum Gasteiger partial charge on any atom is -0.329 e. The first kappa shape index (κ1) is 18.3. The third-order valence-electron chi connectivity index (χ3n) is 4.55. The first-order valence-electron chi connectivity index (χ1n) is 8.96. The second kappa shape index (κ2) is 7.86. The predicted molar refractivity (Wildman–Crippen MR) is 114 cm³/mol. The van der Waals surface area contributed by atoms with E-state index < -0.39 is 0 Å². The van der Waals surface area contributed by atoms with Gasteiger partial charge in [0.25, 0.3) is 5.91 Å². The van der Waals surface area contributed by atoms with Crippen LogP contribution in [0.2, 0.25) is 0 Å². The Labute approximate surface area is 167 Å². The molecule has 2 aromatic heterocycles. The number of aryl methyl sites for hydroxylation is 2. The van der Waals surface area contributed by atoms with Crippen molar-refractivity contribution in [2.45, 2.75) is 17.8 Å². The summed E-state index contributed by atoms with van der Waals surface area (Å²) in [6, 6.07) is 15.5. The number of pyridine rings is 1. The van der Waals surface area contributed by atoms with Gasteiger partial charge in [-0.1, -0.05) is 30.0 Å². The fourth-order valence-electron chi connectivity index (χ4n) is 3.06. The molecule has 0 saturated heterocycles. The smallest absolute Gasteiger partial charge is 0.255 e. The number of aromatic nitrogens is 3. The summed E-state index contributed by atoms with van der Waals surface area (Å²) in [5.41, 5.74) is 4.47. The summed E-state index contributed by atoms with van der Waals surface area (Å²) in [6.45, 7) is 2.02. The molecule has 140 valence electrons. The number of benzene rings is 2. The average molecular weight is 388 g/mol. The van der Waals surface area contributed by atoms with Gasteiger partial charge >= 0.3 is 0 Å². The van der Waals surface area contributed by atoms with Gasteiger partial charge in [-0.15, -0.1) is 0 Å². The Kier molecular flexibility index (Phi) is 5.12. The van der Waals surface area contributed by atoms with Crippen LogP contribution in [0.3, 0.4) is 0 Å². The minimum atomic E-state index is -0.127. The molecule has 0 aliphatic heterocycles. The van der Waals surface area contributed by atoms with E-state index in [2.05, 4.69) is 15.3 Å². The second-order valence-electron chi connectivity index (χ2n) is 6.59. The van der Waals surface area contributed by atoms with E-state index in [0.29, 0.717) is 5.56 Å². The van der Waals surface area contributed by atoms with Crippen LogP contribution in [0.4, 0.5) is 5.69 Å². The van der Waals surface area contributed by atoms with Crippen LogP contribution in [-0.4, -0.2) is 20.4 Å². The summed E-state index contributed by atoms with van der Waals surface area (Å²) in [5, 5.41) is 4.93. The van der Waals surface area contributed by atoms with Crippen LogP contribution in [0, 0.1) is 6.92 Å². The van der Waals surface area contributed by atoms with Gasteiger partial charge in [-0.3, -0.25) is 9.78 Å². The molecule has 0 unspecified atom stereocenters. The SMILES string of the molecule is Cc1ccc(NC(=O)c2cccc(CSc3nccn3C)c2)c2cccnc12. The van der Waals surface area contributed by atoms with Gasteiger partial charge < -0.3 is 9.88 Å². The number of thioether (sulfide) groups is 1. The Bertz CT molecular complexity index is 1150. The average Bonchev–Trinajstić information content (AvgIpc) is 3.14. The maximum absolute atomic E-state index is 12.8. The number of carbonyl (C=O) groups is 1. The lowest BCUT2D eigenvalue weighted by Crippen LogP contribution is -2.12. The van der Waals surface area contributed by atoms with Gasteiger partial charge in [-0.2, -0.15) is 0 Å². The lowest BCUT2D eigenvalue weighted by atomic mass is 10.1. The van der Waals surface area contributed by atoms with E-state index in [1.807, 2.05) is 73.3 Å². The monoisotopic (exact) mass is 388 g/mol. The maximum Gasteiger partial charge on any atom is 0.255 e. The van der Waals surface area contributed by atoms with Gasteiger partial charge in [0.05, 0.1) is 11.2 Å². The fourth-order valence-corrected chi connectivity index (χ4v) is 3.93. The van der Waals surface area contributed by atoms with Crippen molar-refractivity contribution in [3.8, 4) is 0 Å². The third kappa shape index (κ3) is 3.77. The van der Waals surface area contributed by atoms with E-state index in [-0.39, 0.29) is 5.91 Å². The molecule has 0 saturated carbocycles. The number of anilines is 1. The number of amides is 1. The lowest BCUT2D eigenvalue weighted by Gasteiger charge is -2.11. The summed E-state index contributed by atoms with van der Waals surface area (Å²) in [5.74, 6) is 0.626. The fraction of sp³-hybridized carbons (Fsp3) is 0.136. The van der Waals surface area contributed by atoms with Crippen LogP contribution in [0.25, 0.3) is 10.9 Å². The standard InChI is InChI=1S/C22H20N4OS/c1-15-8-9-19(18-7-4-10-23-20(15)18)25-21(27)17-6-3-5-16(13-17)14-28-22-24-11-12-26(22)2/h3-13H,14H2,1-2H3,(H,25,27). The van der Waals surface area contributed by atoms with Crippen LogP contribution in [0.5, 0.6) is 0 Å². The van der Waals surface area contributed by atoms with Gasteiger partial charge in [0.2, 0.25) is 0 Å². The Morgan fingerprint density at radius 3 is 2.82 bits per heavy atom. The number of hydrogen-bond donors (Lipinski definition) is 1. The molecule has 0 spiro atoms. The highest BCUT2D eigenvalue weighted by Gasteiger charge is 2.11. The highest BCUT2D eigenvalue weighted by atomic mass is 32.2. The van der Waals surface area contributed by atoms with Crippen LogP contribution >= 0.6 is 11.8 Å². The van der Waals surface area contributed by atoms with Crippen LogP contribution in [-0.2, 0) is 12.8 Å². The van der Waals surface area contributed by atoms with Gasteiger partial charge in [0.15, 0.2) is 5.16 Å². The van der Waals surface area contributed by atoms with Gasteiger partial charge in [0, 0.05) is 42.3 Å². The molecule has 1 N–H and O–H groups in total. The molecule has 5 nitrogen and oxygen atoms in total. The van der Waals surface area contributed by atoms with E-state index in [4.69, 9.17) is 0 Å². The molecule has 0 radical (unpaired) electrons. The van der Waals surface area contributed by atoms with Crippen molar-refractivity contribution in [1.82, 2.24) is 14.5 Å². The van der Waals surface area contributed by atoms with Crippen molar-refractivity contribution in [3.63, 3.8) is 0 Å². The van der Waals surface area contributed by atoms with E-state index in [0.717, 1.165) is 38.6 Å². The summed E-state index contributed by atoms with van der Waals surface area (Å²) in [7, 11) is 1.97. The summed E-state index contributed by atoms with van der Waals surface area (Å²) in [6.07, 6.45) is 5.48. The van der Waals surface area contributed by atoms with Crippen molar-refractivity contribution in [1.29, 1.82) is 0 Å². The van der Waals surface area contributed by atoms with Gasteiger partial charge in [-0.05, 0) is 48.4 Å². The van der Waals surface area contributed by atoms with Crippen molar-refractivity contribution in [2.75, 3.05) is 5.32 Å². The number of nitrogens with one attached hydrogen (secondary N) is 1. The predicted octanol–water partition coefficient (Wildman–Crippen LogP) is 4.82. The Hall–Kier alpha value is -3.12. The van der Waals surface area contributed by atoms with Crippen molar-refractivity contribution in [2.24, 2.45) is 7.05 Å². The number of rotatable bonds is 5. The van der Waals surface area contributed by atoms with E-state index in [1.165, 1.54) is 0 Å².